The minimum atomic E-state index is 0.688. The van der Waals surface area contributed by atoms with Crippen LogP contribution < -0.4 is 10.2 Å². The molecule has 1 aliphatic rings. The third-order valence-electron chi connectivity index (χ3n) is 4.38. The van der Waals surface area contributed by atoms with Gasteiger partial charge in [0.15, 0.2) is 0 Å². The van der Waals surface area contributed by atoms with Crippen molar-refractivity contribution in [2.45, 2.75) is 46.2 Å². The van der Waals surface area contributed by atoms with Crippen molar-refractivity contribution in [1.82, 2.24) is 15.2 Å². The topological polar surface area (TPSA) is 31.4 Å². The fourth-order valence-corrected chi connectivity index (χ4v) is 3.11. The van der Waals surface area contributed by atoms with Gasteiger partial charge < -0.3 is 10.2 Å². The highest BCUT2D eigenvalue weighted by Crippen LogP contribution is 2.21. The average molecular weight is 290 g/mol. The predicted molar refractivity (Wildman–Crippen MR) is 89.8 cm³/mol. The number of nitrogens with one attached hydrogen (secondary N) is 1. The molecule has 0 saturated carbocycles. The maximum atomic E-state index is 4.65. The van der Waals surface area contributed by atoms with Crippen LogP contribution in [0.1, 0.15) is 39.2 Å². The maximum absolute atomic E-state index is 4.65. The minimum Gasteiger partial charge on any atom is -0.355 e. The molecule has 4 heteroatoms. The molecule has 1 unspecified atom stereocenters. The van der Waals surface area contributed by atoms with E-state index in [4.69, 9.17) is 0 Å². The number of hydrogen-bond donors (Lipinski definition) is 1. The first-order valence-corrected chi connectivity index (χ1v) is 8.43. The molecular formula is C17H30N4. The van der Waals surface area contributed by atoms with Crippen LogP contribution in [0.15, 0.2) is 18.3 Å². The van der Waals surface area contributed by atoms with E-state index < -0.39 is 0 Å². The molecule has 1 N–H and O–H groups in total. The van der Waals surface area contributed by atoms with E-state index in [9.17, 15) is 0 Å². The van der Waals surface area contributed by atoms with Crippen LogP contribution >= 0.6 is 0 Å². The van der Waals surface area contributed by atoms with Crippen LogP contribution in [0.5, 0.6) is 0 Å². The van der Waals surface area contributed by atoms with Gasteiger partial charge in [-0.15, -0.1) is 0 Å². The quantitative estimate of drug-likeness (QED) is 0.746. The van der Waals surface area contributed by atoms with E-state index in [2.05, 4.69) is 53.0 Å². The highest BCUT2D eigenvalue weighted by atomic mass is 15.3. The number of hydrogen-bond acceptors (Lipinski definition) is 4. The zero-order valence-corrected chi connectivity index (χ0v) is 13.8. The molecule has 21 heavy (non-hydrogen) atoms. The molecule has 0 aliphatic carbocycles. The van der Waals surface area contributed by atoms with Crippen LogP contribution in [0.3, 0.4) is 0 Å². The Morgan fingerprint density at radius 1 is 1.29 bits per heavy atom. The lowest BCUT2D eigenvalue weighted by Crippen LogP contribution is -2.37. The van der Waals surface area contributed by atoms with E-state index in [1.54, 1.807) is 0 Å². The van der Waals surface area contributed by atoms with E-state index in [0.29, 0.717) is 6.04 Å². The number of nitrogens with zero attached hydrogens (tertiary/aromatic N) is 3. The summed E-state index contributed by atoms with van der Waals surface area (Å²) in [4.78, 5) is 9.63. The van der Waals surface area contributed by atoms with Gasteiger partial charge in [0, 0.05) is 31.9 Å². The molecule has 0 bridgehead atoms. The van der Waals surface area contributed by atoms with Crippen molar-refractivity contribution in [2.24, 2.45) is 0 Å². The first-order valence-electron chi connectivity index (χ1n) is 8.43. The molecule has 0 radical (unpaired) electrons. The van der Waals surface area contributed by atoms with Crippen LogP contribution in [-0.4, -0.2) is 48.6 Å². The van der Waals surface area contributed by atoms with Gasteiger partial charge in [0.1, 0.15) is 5.82 Å². The summed E-state index contributed by atoms with van der Waals surface area (Å²) in [5.41, 5.74) is 1.27. The van der Waals surface area contributed by atoms with Gasteiger partial charge in [-0.25, -0.2) is 4.98 Å². The van der Waals surface area contributed by atoms with Gasteiger partial charge in [0.2, 0.25) is 0 Å². The molecule has 0 amide bonds. The summed E-state index contributed by atoms with van der Waals surface area (Å²) in [6.45, 7) is 13.2. The van der Waals surface area contributed by atoms with Gasteiger partial charge in [-0.2, -0.15) is 0 Å². The summed E-state index contributed by atoms with van der Waals surface area (Å²) < 4.78 is 0. The van der Waals surface area contributed by atoms with E-state index in [-0.39, 0.29) is 0 Å². The highest BCUT2D eigenvalue weighted by molar-refractivity contribution is 5.41. The van der Waals surface area contributed by atoms with Gasteiger partial charge in [-0.05, 0) is 44.1 Å². The number of anilines is 1. The number of rotatable bonds is 8. The standard InChI is InChI=1S/C17H30N4/c1-4-10-18-12-15-7-8-17(19-13-15)21-11-9-16(14-21)20(5-2)6-3/h7-8,13,16,18H,4-6,9-12,14H2,1-3H3. The zero-order valence-electron chi connectivity index (χ0n) is 13.8. The lowest BCUT2D eigenvalue weighted by molar-refractivity contribution is 0.232. The summed E-state index contributed by atoms with van der Waals surface area (Å²) in [5.74, 6) is 1.13. The lowest BCUT2D eigenvalue weighted by Gasteiger charge is -2.26. The van der Waals surface area contributed by atoms with Crippen LogP contribution in [0.4, 0.5) is 5.82 Å². The Bertz CT molecular complexity index is 400. The summed E-state index contributed by atoms with van der Waals surface area (Å²) >= 11 is 0. The Labute approximate surface area is 129 Å². The maximum Gasteiger partial charge on any atom is 0.128 e. The first kappa shape index (κ1) is 16.2. The fraction of sp³-hybridized carbons (Fsp3) is 0.706. The summed E-state index contributed by atoms with van der Waals surface area (Å²) in [6.07, 6.45) is 4.44. The third-order valence-corrected chi connectivity index (χ3v) is 4.38. The second-order valence-corrected chi connectivity index (χ2v) is 5.81. The van der Waals surface area contributed by atoms with Crippen molar-refractivity contribution in [3.05, 3.63) is 23.9 Å². The molecule has 0 spiro atoms. The highest BCUT2D eigenvalue weighted by Gasteiger charge is 2.26. The summed E-state index contributed by atoms with van der Waals surface area (Å²) in [6, 6.07) is 5.07. The smallest absolute Gasteiger partial charge is 0.128 e. The molecule has 118 valence electrons. The van der Waals surface area contributed by atoms with Crippen molar-refractivity contribution >= 4 is 5.82 Å². The minimum absolute atomic E-state index is 0.688. The molecule has 4 nitrogen and oxygen atoms in total. The van der Waals surface area contributed by atoms with Crippen molar-refractivity contribution in [3.8, 4) is 0 Å². The van der Waals surface area contributed by atoms with Crippen molar-refractivity contribution in [1.29, 1.82) is 0 Å². The van der Waals surface area contributed by atoms with E-state index in [0.717, 1.165) is 45.1 Å². The van der Waals surface area contributed by atoms with Crippen LogP contribution in [0, 0.1) is 0 Å². The van der Waals surface area contributed by atoms with Gasteiger partial charge in [0.05, 0.1) is 0 Å². The van der Waals surface area contributed by atoms with Crippen molar-refractivity contribution in [2.75, 3.05) is 37.6 Å². The Morgan fingerprint density at radius 2 is 2.10 bits per heavy atom. The van der Waals surface area contributed by atoms with Gasteiger partial charge in [0.25, 0.3) is 0 Å². The molecule has 2 heterocycles. The molecule has 2 rings (SSSR count). The van der Waals surface area contributed by atoms with Gasteiger partial charge >= 0.3 is 0 Å². The van der Waals surface area contributed by atoms with Crippen LogP contribution in [0.2, 0.25) is 0 Å². The molecule has 1 aliphatic heterocycles. The van der Waals surface area contributed by atoms with Gasteiger partial charge in [-0.1, -0.05) is 26.8 Å². The average Bonchev–Trinajstić information content (AvgIpc) is 2.99. The molecule has 1 aromatic rings. The van der Waals surface area contributed by atoms with E-state index in [1.165, 1.54) is 18.4 Å². The van der Waals surface area contributed by atoms with E-state index in [1.807, 2.05) is 6.20 Å². The molecule has 1 saturated heterocycles. The first-order chi connectivity index (χ1) is 10.3. The van der Waals surface area contributed by atoms with Crippen LogP contribution in [-0.2, 0) is 6.54 Å². The second-order valence-electron chi connectivity index (χ2n) is 5.81. The Balaban J connectivity index is 1.88. The Hall–Kier alpha value is -1.13. The monoisotopic (exact) mass is 290 g/mol. The molecule has 1 fully saturated rings. The largest absolute Gasteiger partial charge is 0.355 e. The zero-order chi connectivity index (χ0) is 15.1. The molecule has 1 aromatic heterocycles. The Morgan fingerprint density at radius 3 is 2.71 bits per heavy atom. The van der Waals surface area contributed by atoms with Crippen LogP contribution in [0.25, 0.3) is 0 Å². The predicted octanol–water partition coefficient (Wildman–Crippen LogP) is 2.50. The summed E-state index contributed by atoms with van der Waals surface area (Å²) in [5, 5.41) is 3.42. The number of pyridine rings is 1. The SMILES string of the molecule is CCCNCc1ccc(N2CCC(N(CC)CC)C2)nc1. The number of aromatic nitrogens is 1. The molecule has 0 aromatic carbocycles. The van der Waals surface area contributed by atoms with E-state index >= 15 is 0 Å². The van der Waals surface area contributed by atoms with Crippen molar-refractivity contribution in [3.63, 3.8) is 0 Å². The van der Waals surface area contributed by atoms with Crippen molar-refractivity contribution < 1.29 is 0 Å². The van der Waals surface area contributed by atoms with Gasteiger partial charge in [-0.3, -0.25) is 4.90 Å². The molecule has 1 atom stereocenters. The lowest BCUT2D eigenvalue weighted by atomic mass is 10.2. The summed E-state index contributed by atoms with van der Waals surface area (Å²) in [7, 11) is 0. The number of likely N-dealkylation sites (N-methyl/N-ethyl adjacent to an activating group) is 1. The Kier molecular flexibility index (Phi) is 6.46. The normalized spacial score (nSPS) is 18.7. The second kappa shape index (κ2) is 8.35. The molecular weight excluding hydrogens is 260 g/mol. The third kappa shape index (κ3) is 4.42. The fourth-order valence-electron chi connectivity index (χ4n) is 3.11.